The summed E-state index contributed by atoms with van der Waals surface area (Å²) >= 11 is 0. The molecule has 6 rings (SSSR count). The molecule has 0 spiro atoms. The van der Waals surface area contributed by atoms with Crippen molar-refractivity contribution in [3.8, 4) is 11.5 Å². The van der Waals surface area contributed by atoms with Crippen molar-refractivity contribution in [3.05, 3.63) is 53.6 Å². The summed E-state index contributed by atoms with van der Waals surface area (Å²) in [7, 11) is 3.40. The van der Waals surface area contributed by atoms with Crippen LogP contribution in [0.2, 0.25) is 0 Å². The summed E-state index contributed by atoms with van der Waals surface area (Å²) in [5.74, 6) is -1.14. The predicted octanol–water partition coefficient (Wildman–Crippen LogP) is 5.02. The van der Waals surface area contributed by atoms with Crippen molar-refractivity contribution < 1.29 is 28.0 Å². The number of carbonyl (C=O) groups is 4. The number of hydrogen-bond acceptors (Lipinski definition) is 7. The van der Waals surface area contributed by atoms with Gasteiger partial charge in [-0.25, -0.2) is 13.8 Å². The summed E-state index contributed by atoms with van der Waals surface area (Å²) in [5.41, 5.74) is 2.56. The number of benzene rings is 2. The predicted molar refractivity (Wildman–Crippen MR) is 225 cm³/mol. The van der Waals surface area contributed by atoms with Crippen LogP contribution in [-0.2, 0) is 32.1 Å². The highest BCUT2D eigenvalue weighted by Gasteiger charge is 2.41. The van der Waals surface area contributed by atoms with Crippen LogP contribution in [0, 0.1) is 17.0 Å². The van der Waals surface area contributed by atoms with Crippen LogP contribution in [0.25, 0.3) is 33.5 Å². The molecule has 6 atom stereocenters. The molecule has 320 valence electrons. The number of imidazole rings is 1. The van der Waals surface area contributed by atoms with E-state index in [0.717, 1.165) is 30.2 Å². The van der Waals surface area contributed by atoms with E-state index in [9.17, 15) is 28.0 Å². The first-order valence-electron chi connectivity index (χ1n) is 21.1. The standard InChI is InChI=1S/C44H61F2N9O4/c1-9-12-33(51-40(56)25(2)47-7)42(58)54-20-11-14-30(54)24-55-36-18-16-28(46)22-35(36)50-39(55)37-32(31-17-15-27(45)21-34(31)49-37)23-29-13-10-19-53(29)43(59)38(44(4,5)6)52-41(57)26(3)48-8/h15-18,21-22,25-26,29-30,33,38,47-49H,9-14,19-20,23-24H2,1-8H3,(H,51,56)(H,52,57). The molecule has 13 nitrogen and oxygen atoms in total. The lowest BCUT2D eigenvalue weighted by Crippen LogP contribution is -2.58. The van der Waals surface area contributed by atoms with E-state index >= 15 is 0 Å². The number of rotatable bonds is 15. The van der Waals surface area contributed by atoms with Gasteiger partial charge in [-0.05, 0) is 108 Å². The molecule has 0 bridgehead atoms. The summed E-state index contributed by atoms with van der Waals surface area (Å²) in [6.07, 6.45) is 4.61. The topological polar surface area (TPSA) is 156 Å². The van der Waals surface area contributed by atoms with Gasteiger partial charge in [0.1, 0.15) is 23.7 Å². The number of nitrogens with one attached hydrogen (secondary N) is 5. The Labute approximate surface area is 345 Å². The van der Waals surface area contributed by atoms with Gasteiger partial charge in [0.25, 0.3) is 0 Å². The highest BCUT2D eigenvalue weighted by atomic mass is 19.1. The summed E-state index contributed by atoms with van der Waals surface area (Å²) in [5, 5.41) is 12.6. The summed E-state index contributed by atoms with van der Waals surface area (Å²) in [4.78, 5) is 66.8. The van der Waals surface area contributed by atoms with E-state index in [4.69, 9.17) is 4.98 Å². The molecule has 0 radical (unpaired) electrons. The number of nitrogens with zero attached hydrogens (tertiary/aromatic N) is 4. The van der Waals surface area contributed by atoms with Crippen LogP contribution >= 0.6 is 0 Å². The number of halogens is 2. The van der Waals surface area contributed by atoms with Gasteiger partial charge in [-0.2, -0.15) is 0 Å². The first-order chi connectivity index (χ1) is 28.1. The molecule has 4 heterocycles. The van der Waals surface area contributed by atoms with Crippen LogP contribution in [0.5, 0.6) is 0 Å². The van der Waals surface area contributed by atoms with Crippen molar-refractivity contribution in [2.75, 3.05) is 27.2 Å². The minimum absolute atomic E-state index is 0.138. The Bertz CT molecular complexity index is 2180. The highest BCUT2D eigenvalue weighted by molar-refractivity contribution is 5.93. The van der Waals surface area contributed by atoms with E-state index in [1.807, 2.05) is 42.1 Å². The largest absolute Gasteiger partial charge is 0.352 e. The first-order valence-corrected chi connectivity index (χ1v) is 21.1. The molecule has 0 saturated carbocycles. The molecule has 59 heavy (non-hydrogen) atoms. The molecule has 2 aliphatic rings. The molecule has 0 aliphatic carbocycles. The van der Waals surface area contributed by atoms with Gasteiger partial charge < -0.3 is 40.6 Å². The normalized spacial score (nSPS) is 19.3. The highest BCUT2D eigenvalue weighted by Crippen LogP contribution is 2.37. The third-order valence-corrected chi connectivity index (χ3v) is 12.2. The van der Waals surface area contributed by atoms with Crippen LogP contribution in [0.1, 0.15) is 85.6 Å². The van der Waals surface area contributed by atoms with Crippen LogP contribution in [-0.4, -0.2) is 111 Å². The molecule has 2 aromatic carbocycles. The maximum Gasteiger partial charge on any atom is 0.245 e. The van der Waals surface area contributed by atoms with E-state index in [2.05, 4.69) is 26.3 Å². The monoisotopic (exact) mass is 817 g/mol. The molecule has 5 N–H and O–H groups in total. The lowest BCUT2D eigenvalue weighted by molar-refractivity contribution is -0.140. The van der Waals surface area contributed by atoms with Gasteiger partial charge in [0.2, 0.25) is 23.6 Å². The number of amides is 4. The van der Waals surface area contributed by atoms with Crippen molar-refractivity contribution in [3.63, 3.8) is 0 Å². The minimum atomic E-state index is -0.768. The molecule has 4 amide bonds. The zero-order valence-electron chi connectivity index (χ0n) is 35.7. The third-order valence-electron chi connectivity index (χ3n) is 12.2. The van der Waals surface area contributed by atoms with Crippen LogP contribution < -0.4 is 21.3 Å². The summed E-state index contributed by atoms with van der Waals surface area (Å²) in [6, 6.07) is 6.19. The number of likely N-dealkylation sites (tertiary alicyclic amines) is 2. The first kappa shape index (κ1) is 43.7. The zero-order chi connectivity index (χ0) is 42.8. The number of fused-ring (bicyclic) bond motifs is 2. The van der Waals surface area contributed by atoms with Crippen molar-refractivity contribution in [1.29, 1.82) is 0 Å². The molecule has 2 aromatic heterocycles. The molecule has 2 saturated heterocycles. The van der Waals surface area contributed by atoms with Crippen LogP contribution in [0.3, 0.4) is 0 Å². The number of aromatic amines is 1. The Morgan fingerprint density at radius 1 is 0.864 bits per heavy atom. The summed E-state index contributed by atoms with van der Waals surface area (Å²) in [6.45, 7) is 12.7. The maximum atomic E-state index is 14.8. The number of hydrogen-bond donors (Lipinski definition) is 5. The fourth-order valence-corrected chi connectivity index (χ4v) is 8.60. The Balaban J connectivity index is 1.39. The average molecular weight is 818 g/mol. The van der Waals surface area contributed by atoms with Crippen molar-refractivity contribution in [2.45, 2.75) is 129 Å². The van der Waals surface area contributed by atoms with Crippen LogP contribution in [0.15, 0.2) is 36.4 Å². The van der Waals surface area contributed by atoms with Gasteiger partial charge in [-0.15, -0.1) is 0 Å². The lowest BCUT2D eigenvalue weighted by atomic mass is 9.85. The van der Waals surface area contributed by atoms with Gasteiger partial charge in [-0.1, -0.05) is 34.1 Å². The Morgan fingerprint density at radius 2 is 1.47 bits per heavy atom. The van der Waals surface area contributed by atoms with Gasteiger partial charge >= 0.3 is 0 Å². The molecule has 2 aliphatic heterocycles. The molecular weight excluding hydrogens is 757 g/mol. The fraction of sp³-hybridized carbons (Fsp3) is 0.568. The second-order valence-corrected chi connectivity index (χ2v) is 17.4. The van der Waals surface area contributed by atoms with Crippen LogP contribution in [0.4, 0.5) is 8.78 Å². The van der Waals surface area contributed by atoms with Gasteiger partial charge in [-0.3, -0.25) is 19.2 Å². The van der Waals surface area contributed by atoms with Crippen molar-refractivity contribution in [1.82, 2.24) is 45.6 Å². The molecule has 2 fully saturated rings. The second-order valence-electron chi connectivity index (χ2n) is 17.4. The SMILES string of the molecule is CCCC(NC(=O)C(C)NC)C(=O)N1CCCC1Cn1c(-c2[nH]c3cc(F)ccc3c2CC2CCCN2C(=O)C(NC(=O)C(C)NC)C(C)(C)C)nc2cc(F)ccc21. The molecule has 4 aromatic rings. The average Bonchev–Trinajstić information content (AvgIpc) is 4.01. The van der Waals surface area contributed by atoms with Gasteiger partial charge in [0.05, 0.1) is 28.8 Å². The van der Waals surface area contributed by atoms with E-state index in [-0.39, 0.29) is 35.7 Å². The number of aromatic nitrogens is 3. The quantitative estimate of drug-likeness (QED) is 0.113. The maximum absolute atomic E-state index is 14.8. The molecule has 6 unspecified atom stereocenters. The fourth-order valence-electron chi connectivity index (χ4n) is 8.60. The number of carbonyl (C=O) groups excluding carboxylic acids is 4. The Hall–Kier alpha value is -4.89. The van der Waals surface area contributed by atoms with E-state index in [0.29, 0.717) is 73.4 Å². The zero-order valence-corrected chi connectivity index (χ0v) is 35.7. The Morgan fingerprint density at radius 3 is 2.12 bits per heavy atom. The minimum Gasteiger partial charge on any atom is -0.352 e. The molecule has 15 heteroatoms. The summed E-state index contributed by atoms with van der Waals surface area (Å²) < 4.78 is 31.7. The Kier molecular flexibility index (Phi) is 13.4. The smallest absolute Gasteiger partial charge is 0.245 e. The van der Waals surface area contributed by atoms with E-state index < -0.39 is 41.2 Å². The van der Waals surface area contributed by atoms with Crippen molar-refractivity contribution >= 4 is 45.6 Å². The van der Waals surface area contributed by atoms with Crippen molar-refractivity contribution in [2.24, 2.45) is 5.41 Å². The third kappa shape index (κ3) is 9.30. The van der Waals surface area contributed by atoms with E-state index in [1.54, 1.807) is 40.1 Å². The van der Waals surface area contributed by atoms with Gasteiger partial charge in [0, 0.05) is 48.7 Å². The molecular formula is C44H61F2N9O4. The van der Waals surface area contributed by atoms with Gasteiger partial charge in [0.15, 0.2) is 5.82 Å². The number of H-pyrrole nitrogens is 1. The van der Waals surface area contributed by atoms with E-state index in [1.165, 1.54) is 24.3 Å². The second kappa shape index (κ2) is 18.2. The number of likely N-dealkylation sites (N-methyl/N-ethyl adjacent to an activating group) is 2. The lowest BCUT2D eigenvalue weighted by Gasteiger charge is -2.36.